The Balaban J connectivity index is 2.41. The first-order chi connectivity index (χ1) is 5.83. The van der Waals surface area contributed by atoms with Crippen LogP contribution >= 0.6 is 0 Å². The van der Waals surface area contributed by atoms with Gasteiger partial charge in [-0.2, -0.15) is 0 Å². The van der Waals surface area contributed by atoms with Crippen molar-refractivity contribution >= 4 is 0 Å². The molecule has 0 radical (unpaired) electrons. The fourth-order valence-corrected chi connectivity index (χ4v) is 1.23. The van der Waals surface area contributed by atoms with Gasteiger partial charge in [-0.05, 0) is 24.5 Å². The highest BCUT2D eigenvalue weighted by Gasteiger charge is 2.02. The van der Waals surface area contributed by atoms with Crippen LogP contribution in [0, 0.1) is 0 Å². The Morgan fingerprint density at radius 3 is 3.00 bits per heavy atom. The summed E-state index contributed by atoms with van der Waals surface area (Å²) in [5.74, 6) is 0. The van der Waals surface area contributed by atoms with Gasteiger partial charge in [0.1, 0.15) is 0 Å². The van der Waals surface area contributed by atoms with E-state index >= 15 is 0 Å². The highest BCUT2D eigenvalue weighted by atomic mass is 16.3. The second kappa shape index (κ2) is 4.88. The molecule has 0 spiro atoms. The lowest BCUT2D eigenvalue weighted by Crippen LogP contribution is -2.09. The summed E-state index contributed by atoms with van der Waals surface area (Å²) in [6.07, 6.45) is 5.96. The van der Waals surface area contributed by atoms with Gasteiger partial charge in [-0.15, -0.1) is 0 Å². The first-order valence-electron chi connectivity index (χ1n) is 4.40. The third kappa shape index (κ3) is 3.01. The van der Waals surface area contributed by atoms with Crippen LogP contribution in [-0.2, 0) is 6.42 Å². The van der Waals surface area contributed by atoms with Gasteiger partial charge >= 0.3 is 0 Å². The van der Waals surface area contributed by atoms with E-state index in [1.807, 2.05) is 12.1 Å². The summed E-state index contributed by atoms with van der Waals surface area (Å²) in [5.41, 5.74) is 1.11. The Hall–Kier alpha value is -0.890. The topological polar surface area (TPSA) is 33.1 Å². The summed E-state index contributed by atoms with van der Waals surface area (Å²) in [7, 11) is 0. The van der Waals surface area contributed by atoms with Gasteiger partial charge in [-0.1, -0.05) is 19.4 Å². The Morgan fingerprint density at radius 1 is 1.58 bits per heavy atom. The van der Waals surface area contributed by atoms with Crippen molar-refractivity contribution < 1.29 is 5.11 Å². The van der Waals surface area contributed by atoms with Crippen molar-refractivity contribution in [3.8, 4) is 0 Å². The molecule has 0 aliphatic heterocycles. The van der Waals surface area contributed by atoms with Gasteiger partial charge in [0.05, 0.1) is 6.10 Å². The zero-order valence-electron chi connectivity index (χ0n) is 7.40. The van der Waals surface area contributed by atoms with Crippen LogP contribution in [0.15, 0.2) is 24.5 Å². The lowest BCUT2D eigenvalue weighted by atomic mass is 10.1. The Morgan fingerprint density at radius 2 is 2.42 bits per heavy atom. The molecule has 1 unspecified atom stereocenters. The van der Waals surface area contributed by atoms with E-state index in [-0.39, 0.29) is 6.10 Å². The van der Waals surface area contributed by atoms with E-state index in [1.165, 1.54) is 0 Å². The predicted molar refractivity (Wildman–Crippen MR) is 48.9 cm³/mol. The maximum Gasteiger partial charge on any atom is 0.0581 e. The third-order valence-electron chi connectivity index (χ3n) is 1.82. The molecule has 0 saturated carbocycles. The Kier molecular flexibility index (Phi) is 3.74. The van der Waals surface area contributed by atoms with Crippen molar-refractivity contribution in [1.82, 2.24) is 4.98 Å². The quantitative estimate of drug-likeness (QED) is 0.737. The highest BCUT2D eigenvalue weighted by Crippen LogP contribution is 2.05. The molecule has 0 fully saturated rings. The van der Waals surface area contributed by atoms with E-state index < -0.39 is 0 Å². The van der Waals surface area contributed by atoms with Gasteiger partial charge in [0, 0.05) is 12.4 Å². The second-order valence-corrected chi connectivity index (χ2v) is 3.01. The van der Waals surface area contributed by atoms with Gasteiger partial charge in [0.15, 0.2) is 0 Å². The number of hydrogen-bond donors (Lipinski definition) is 1. The minimum Gasteiger partial charge on any atom is -0.393 e. The number of nitrogens with zero attached hydrogens (tertiary/aromatic N) is 1. The van der Waals surface area contributed by atoms with Gasteiger partial charge in [-0.3, -0.25) is 4.98 Å². The summed E-state index contributed by atoms with van der Waals surface area (Å²) in [4.78, 5) is 3.99. The van der Waals surface area contributed by atoms with Crippen LogP contribution in [-0.4, -0.2) is 16.2 Å². The average molecular weight is 165 g/mol. The van der Waals surface area contributed by atoms with Crippen molar-refractivity contribution in [2.24, 2.45) is 0 Å². The lowest BCUT2D eigenvalue weighted by Gasteiger charge is -2.07. The van der Waals surface area contributed by atoms with Crippen LogP contribution in [0.4, 0.5) is 0 Å². The largest absolute Gasteiger partial charge is 0.393 e. The molecule has 1 aromatic heterocycles. The molecular weight excluding hydrogens is 150 g/mol. The average Bonchev–Trinajstić information content (AvgIpc) is 2.06. The van der Waals surface area contributed by atoms with Crippen molar-refractivity contribution in [1.29, 1.82) is 0 Å². The molecule has 66 valence electrons. The first-order valence-corrected chi connectivity index (χ1v) is 4.40. The summed E-state index contributed by atoms with van der Waals surface area (Å²) >= 11 is 0. The van der Waals surface area contributed by atoms with E-state index in [9.17, 15) is 5.11 Å². The zero-order chi connectivity index (χ0) is 8.81. The molecule has 1 N–H and O–H groups in total. The summed E-state index contributed by atoms with van der Waals surface area (Å²) in [6, 6.07) is 3.89. The van der Waals surface area contributed by atoms with Crippen LogP contribution in [0.1, 0.15) is 25.3 Å². The Bertz CT molecular complexity index is 210. The van der Waals surface area contributed by atoms with E-state index in [0.717, 1.165) is 24.8 Å². The van der Waals surface area contributed by atoms with Crippen LogP contribution in [0.2, 0.25) is 0 Å². The molecular formula is C10H15NO. The first kappa shape index (κ1) is 9.20. The molecule has 2 nitrogen and oxygen atoms in total. The van der Waals surface area contributed by atoms with Crippen LogP contribution in [0.25, 0.3) is 0 Å². The van der Waals surface area contributed by atoms with Crippen molar-refractivity contribution in [3.63, 3.8) is 0 Å². The van der Waals surface area contributed by atoms with Crippen LogP contribution < -0.4 is 0 Å². The SMILES string of the molecule is CCCC(O)Cc1cccnc1. The number of aromatic nitrogens is 1. The fraction of sp³-hybridized carbons (Fsp3) is 0.500. The number of rotatable bonds is 4. The molecule has 0 amide bonds. The smallest absolute Gasteiger partial charge is 0.0581 e. The van der Waals surface area contributed by atoms with E-state index in [0.29, 0.717) is 0 Å². The predicted octanol–water partition coefficient (Wildman–Crippen LogP) is 1.79. The van der Waals surface area contributed by atoms with Crippen molar-refractivity contribution in [2.45, 2.75) is 32.3 Å². The van der Waals surface area contributed by atoms with Crippen LogP contribution in [0.3, 0.4) is 0 Å². The third-order valence-corrected chi connectivity index (χ3v) is 1.82. The zero-order valence-corrected chi connectivity index (χ0v) is 7.40. The van der Waals surface area contributed by atoms with E-state index in [2.05, 4.69) is 11.9 Å². The number of hydrogen-bond acceptors (Lipinski definition) is 2. The number of aliphatic hydroxyl groups is 1. The lowest BCUT2D eigenvalue weighted by molar-refractivity contribution is 0.164. The molecule has 1 atom stereocenters. The Labute approximate surface area is 73.3 Å². The molecule has 0 saturated heterocycles. The molecule has 0 aliphatic carbocycles. The van der Waals surface area contributed by atoms with E-state index in [1.54, 1.807) is 12.4 Å². The highest BCUT2D eigenvalue weighted by molar-refractivity contribution is 5.09. The van der Waals surface area contributed by atoms with Gasteiger partial charge < -0.3 is 5.11 Å². The maximum atomic E-state index is 9.47. The summed E-state index contributed by atoms with van der Waals surface area (Å²) in [6.45, 7) is 2.08. The van der Waals surface area contributed by atoms with Crippen molar-refractivity contribution in [2.75, 3.05) is 0 Å². The molecule has 2 heteroatoms. The van der Waals surface area contributed by atoms with Gasteiger partial charge in [0.25, 0.3) is 0 Å². The minimum absolute atomic E-state index is 0.209. The van der Waals surface area contributed by atoms with Crippen molar-refractivity contribution in [3.05, 3.63) is 30.1 Å². The molecule has 1 rings (SSSR count). The summed E-state index contributed by atoms with van der Waals surface area (Å²) in [5, 5.41) is 9.47. The molecule has 0 aromatic carbocycles. The standard InChI is InChI=1S/C10H15NO/c1-2-4-10(12)7-9-5-3-6-11-8-9/h3,5-6,8,10,12H,2,4,7H2,1H3. The number of aliphatic hydroxyl groups excluding tert-OH is 1. The van der Waals surface area contributed by atoms with Gasteiger partial charge in [-0.25, -0.2) is 0 Å². The normalized spacial score (nSPS) is 12.8. The molecule has 1 heterocycles. The summed E-state index contributed by atoms with van der Waals surface area (Å²) < 4.78 is 0. The van der Waals surface area contributed by atoms with E-state index in [4.69, 9.17) is 0 Å². The number of pyridine rings is 1. The minimum atomic E-state index is -0.209. The van der Waals surface area contributed by atoms with Crippen LogP contribution in [0.5, 0.6) is 0 Å². The monoisotopic (exact) mass is 165 g/mol. The molecule has 12 heavy (non-hydrogen) atoms. The molecule has 0 aliphatic rings. The second-order valence-electron chi connectivity index (χ2n) is 3.01. The maximum absolute atomic E-state index is 9.47. The van der Waals surface area contributed by atoms with Gasteiger partial charge in [0.2, 0.25) is 0 Å². The molecule has 0 bridgehead atoms. The molecule has 1 aromatic rings. The fourth-order valence-electron chi connectivity index (χ4n) is 1.23.